The van der Waals surface area contributed by atoms with E-state index in [1.807, 2.05) is 0 Å². The summed E-state index contributed by atoms with van der Waals surface area (Å²) in [5.74, 6) is 0.0533. The highest BCUT2D eigenvalue weighted by molar-refractivity contribution is 6.05. The lowest BCUT2D eigenvalue weighted by Gasteiger charge is -2.40. The van der Waals surface area contributed by atoms with Crippen molar-refractivity contribution in [2.24, 2.45) is 17.3 Å². The SMILES string of the molecule is C[NH+](C)CCCN1C(=O)[C@H]2CC3=C(C[C@@H]2C1=O)C(C)(C)CCC3. The van der Waals surface area contributed by atoms with Crippen molar-refractivity contribution in [3.63, 3.8) is 0 Å². The number of imide groups is 1. The van der Waals surface area contributed by atoms with Crippen molar-refractivity contribution < 1.29 is 14.5 Å². The Bertz CT molecular complexity index is 548. The molecule has 0 bridgehead atoms. The summed E-state index contributed by atoms with van der Waals surface area (Å²) >= 11 is 0. The summed E-state index contributed by atoms with van der Waals surface area (Å²) in [6.07, 6.45) is 6.13. The van der Waals surface area contributed by atoms with Gasteiger partial charge in [0.15, 0.2) is 0 Å². The molecule has 0 aromatic carbocycles. The molecular formula is C19H31N2O2+. The van der Waals surface area contributed by atoms with Crippen LogP contribution in [0, 0.1) is 17.3 Å². The molecule has 1 N–H and O–H groups in total. The third-order valence-corrected chi connectivity index (χ3v) is 6.13. The number of hydrogen-bond donors (Lipinski definition) is 1. The van der Waals surface area contributed by atoms with Gasteiger partial charge in [0.2, 0.25) is 11.8 Å². The number of rotatable bonds is 4. The molecule has 0 spiro atoms. The molecule has 4 nitrogen and oxygen atoms in total. The molecule has 0 saturated carbocycles. The van der Waals surface area contributed by atoms with Crippen LogP contribution in [0.2, 0.25) is 0 Å². The number of nitrogens with zero attached hydrogens (tertiary/aromatic N) is 1. The maximum absolute atomic E-state index is 12.8. The van der Waals surface area contributed by atoms with Crippen LogP contribution in [0.1, 0.15) is 52.4 Å². The Hall–Kier alpha value is -1.16. The Morgan fingerprint density at radius 2 is 1.78 bits per heavy atom. The van der Waals surface area contributed by atoms with E-state index in [9.17, 15) is 9.59 Å². The van der Waals surface area contributed by atoms with E-state index in [1.165, 1.54) is 28.9 Å². The van der Waals surface area contributed by atoms with Gasteiger partial charge in [0.05, 0.1) is 32.5 Å². The molecule has 23 heavy (non-hydrogen) atoms. The Labute approximate surface area is 139 Å². The number of carbonyl (C=O) groups is 2. The van der Waals surface area contributed by atoms with Crippen LogP contribution in [-0.4, -0.2) is 43.9 Å². The topological polar surface area (TPSA) is 41.8 Å². The number of allylic oxidation sites excluding steroid dienone is 2. The first-order chi connectivity index (χ1) is 10.8. The van der Waals surface area contributed by atoms with Crippen molar-refractivity contribution in [1.82, 2.24) is 4.90 Å². The van der Waals surface area contributed by atoms with Crippen LogP contribution in [-0.2, 0) is 9.59 Å². The number of carbonyl (C=O) groups excluding carboxylic acids is 2. The molecule has 0 unspecified atom stereocenters. The zero-order valence-electron chi connectivity index (χ0n) is 15.1. The predicted octanol–water partition coefficient (Wildman–Crippen LogP) is 1.42. The van der Waals surface area contributed by atoms with Crippen molar-refractivity contribution in [2.45, 2.75) is 52.4 Å². The maximum Gasteiger partial charge on any atom is 0.233 e. The first kappa shape index (κ1) is 16.7. The van der Waals surface area contributed by atoms with E-state index in [0.29, 0.717) is 6.54 Å². The van der Waals surface area contributed by atoms with E-state index in [1.54, 1.807) is 4.90 Å². The first-order valence-electron chi connectivity index (χ1n) is 9.17. The van der Waals surface area contributed by atoms with E-state index in [4.69, 9.17) is 0 Å². The van der Waals surface area contributed by atoms with Gasteiger partial charge in [-0.25, -0.2) is 0 Å². The first-order valence-corrected chi connectivity index (χ1v) is 9.17. The molecule has 1 saturated heterocycles. The summed E-state index contributed by atoms with van der Waals surface area (Å²) in [4.78, 5) is 28.5. The smallest absolute Gasteiger partial charge is 0.233 e. The monoisotopic (exact) mass is 319 g/mol. The van der Waals surface area contributed by atoms with Crippen LogP contribution in [0.5, 0.6) is 0 Å². The van der Waals surface area contributed by atoms with Gasteiger partial charge in [-0.15, -0.1) is 0 Å². The third kappa shape index (κ3) is 2.98. The minimum Gasteiger partial charge on any atom is -0.340 e. The van der Waals surface area contributed by atoms with E-state index in [2.05, 4.69) is 27.9 Å². The molecular weight excluding hydrogens is 288 g/mol. The van der Waals surface area contributed by atoms with E-state index >= 15 is 0 Å². The summed E-state index contributed by atoms with van der Waals surface area (Å²) in [6, 6.07) is 0. The zero-order valence-corrected chi connectivity index (χ0v) is 15.1. The number of nitrogens with one attached hydrogen (secondary N) is 1. The van der Waals surface area contributed by atoms with Crippen molar-refractivity contribution in [3.05, 3.63) is 11.1 Å². The lowest BCUT2D eigenvalue weighted by Crippen LogP contribution is -3.05. The summed E-state index contributed by atoms with van der Waals surface area (Å²) < 4.78 is 0. The number of fused-ring (bicyclic) bond motifs is 1. The summed E-state index contributed by atoms with van der Waals surface area (Å²) in [6.45, 7) is 6.21. The van der Waals surface area contributed by atoms with Gasteiger partial charge in [-0.1, -0.05) is 25.0 Å². The molecule has 0 aromatic heterocycles. The van der Waals surface area contributed by atoms with Crippen molar-refractivity contribution in [3.8, 4) is 0 Å². The van der Waals surface area contributed by atoms with Crippen LogP contribution < -0.4 is 4.90 Å². The maximum atomic E-state index is 12.8. The highest BCUT2D eigenvalue weighted by atomic mass is 16.2. The van der Waals surface area contributed by atoms with Gasteiger partial charge in [0, 0.05) is 13.0 Å². The molecule has 3 rings (SSSR count). The van der Waals surface area contributed by atoms with Gasteiger partial charge in [0.1, 0.15) is 0 Å². The van der Waals surface area contributed by atoms with Crippen molar-refractivity contribution >= 4 is 11.8 Å². The van der Waals surface area contributed by atoms with Crippen LogP contribution in [0.15, 0.2) is 11.1 Å². The molecule has 1 heterocycles. The minimum absolute atomic E-state index is 0.0677. The number of likely N-dealkylation sites (tertiary alicyclic amines) is 1. The summed E-state index contributed by atoms with van der Waals surface area (Å²) in [7, 11) is 4.21. The fourth-order valence-corrected chi connectivity index (χ4v) is 4.78. The Morgan fingerprint density at radius 1 is 1.13 bits per heavy atom. The fourth-order valence-electron chi connectivity index (χ4n) is 4.78. The molecule has 4 heteroatoms. The van der Waals surface area contributed by atoms with E-state index < -0.39 is 0 Å². The second kappa shape index (κ2) is 6.04. The minimum atomic E-state index is -0.0784. The third-order valence-electron chi connectivity index (χ3n) is 6.13. The van der Waals surface area contributed by atoms with Gasteiger partial charge in [0.25, 0.3) is 0 Å². The number of quaternary nitrogens is 1. The molecule has 128 valence electrons. The number of hydrogen-bond acceptors (Lipinski definition) is 2. The van der Waals surface area contributed by atoms with Crippen LogP contribution in [0.4, 0.5) is 0 Å². The average Bonchev–Trinajstić information content (AvgIpc) is 2.70. The van der Waals surface area contributed by atoms with Gasteiger partial charge < -0.3 is 4.90 Å². The lowest BCUT2D eigenvalue weighted by atomic mass is 9.63. The quantitative estimate of drug-likeness (QED) is 0.629. The largest absolute Gasteiger partial charge is 0.340 e. The second-order valence-corrected chi connectivity index (χ2v) is 8.58. The number of amides is 2. The predicted molar refractivity (Wildman–Crippen MR) is 89.9 cm³/mol. The molecule has 3 aliphatic rings. The Morgan fingerprint density at radius 3 is 2.43 bits per heavy atom. The van der Waals surface area contributed by atoms with Crippen LogP contribution >= 0.6 is 0 Å². The van der Waals surface area contributed by atoms with Gasteiger partial charge >= 0.3 is 0 Å². The highest BCUT2D eigenvalue weighted by Crippen LogP contribution is 2.51. The highest BCUT2D eigenvalue weighted by Gasteiger charge is 2.51. The standard InChI is InChI=1S/C19H30N2O2/c1-19(2)8-5-7-13-11-14-15(12-16(13)19)18(23)21(17(14)22)10-6-9-20(3)4/h14-15H,5-12H2,1-4H3/p+1/t14-,15-/m0/s1. The lowest BCUT2D eigenvalue weighted by molar-refractivity contribution is -0.858. The molecule has 1 fully saturated rings. The fraction of sp³-hybridized carbons (Fsp3) is 0.789. The average molecular weight is 319 g/mol. The molecule has 0 aromatic rings. The van der Waals surface area contributed by atoms with Crippen molar-refractivity contribution in [2.75, 3.05) is 27.2 Å². The molecule has 2 amide bonds. The second-order valence-electron chi connectivity index (χ2n) is 8.58. The van der Waals surface area contributed by atoms with E-state index in [-0.39, 0.29) is 29.1 Å². The van der Waals surface area contributed by atoms with Gasteiger partial charge in [-0.3, -0.25) is 14.5 Å². The van der Waals surface area contributed by atoms with Crippen molar-refractivity contribution in [1.29, 1.82) is 0 Å². The Balaban J connectivity index is 1.75. The molecule has 0 radical (unpaired) electrons. The Kier molecular flexibility index (Phi) is 4.39. The van der Waals surface area contributed by atoms with E-state index in [0.717, 1.165) is 32.2 Å². The molecule has 1 aliphatic heterocycles. The molecule has 2 atom stereocenters. The van der Waals surface area contributed by atoms with Gasteiger partial charge in [-0.2, -0.15) is 0 Å². The van der Waals surface area contributed by atoms with Crippen LogP contribution in [0.3, 0.4) is 0 Å². The summed E-state index contributed by atoms with van der Waals surface area (Å²) in [5, 5.41) is 0. The zero-order chi connectivity index (χ0) is 16.8. The van der Waals surface area contributed by atoms with Gasteiger partial charge in [-0.05, 0) is 37.5 Å². The molecule has 2 aliphatic carbocycles. The van der Waals surface area contributed by atoms with Crippen LogP contribution in [0.25, 0.3) is 0 Å². The normalized spacial score (nSPS) is 30.0. The summed E-state index contributed by atoms with van der Waals surface area (Å²) in [5.41, 5.74) is 3.19.